The van der Waals surface area contributed by atoms with Gasteiger partial charge in [0.1, 0.15) is 5.82 Å². The molecule has 3 N–H and O–H groups in total. The van der Waals surface area contributed by atoms with Gasteiger partial charge in [-0.2, -0.15) is 0 Å². The molecule has 136 valence electrons. The molecule has 0 saturated heterocycles. The molecular weight excluding hydrogens is 337 g/mol. The maximum Gasteiger partial charge on any atom is 0.251 e. The summed E-state index contributed by atoms with van der Waals surface area (Å²) in [7, 11) is 0. The van der Waals surface area contributed by atoms with Crippen LogP contribution in [0.1, 0.15) is 42.7 Å². The third kappa shape index (κ3) is 5.14. The Hall–Kier alpha value is -3.22. The highest BCUT2D eigenvalue weighted by molar-refractivity contribution is 6.00. The van der Waals surface area contributed by atoms with E-state index in [1.54, 1.807) is 31.2 Å². The summed E-state index contributed by atoms with van der Waals surface area (Å²) in [5.74, 6) is -1.49. The standard InChI is InChI=1S/C19H20FN3O3/c1-11(17-6-4-5-7-18(17)20)21-19(26)14-8-15(22-12(2)24)10-16(9-14)23-13(3)25/h4-11H,1-3H3,(H,21,26)(H,22,24)(H,23,25)/t11-/m1/s1. The summed E-state index contributed by atoms with van der Waals surface area (Å²) in [6.07, 6.45) is 0. The first-order chi connectivity index (χ1) is 12.3. The second kappa shape index (κ2) is 8.24. The van der Waals surface area contributed by atoms with Crippen molar-refractivity contribution < 1.29 is 18.8 Å². The lowest BCUT2D eigenvalue weighted by Gasteiger charge is -2.16. The number of carbonyl (C=O) groups is 3. The zero-order valence-corrected chi connectivity index (χ0v) is 14.7. The average molecular weight is 357 g/mol. The molecule has 0 bridgehead atoms. The molecule has 2 rings (SSSR count). The van der Waals surface area contributed by atoms with E-state index >= 15 is 0 Å². The molecule has 2 aromatic carbocycles. The first kappa shape index (κ1) is 19.1. The number of rotatable bonds is 5. The molecule has 0 unspecified atom stereocenters. The van der Waals surface area contributed by atoms with E-state index in [0.29, 0.717) is 16.9 Å². The van der Waals surface area contributed by atoms with E-state index in [4.69, 9.17) is 0 Å². The van der Waals surface area contributed by atoms with Crippen LogP contribution in [0.25, 0.3) is 0 Å². The van der Waals surface area contributed by atoms with Crippen molar-refractivity contribution in [2.24, 2.45) is 0 Å². The third-order valence-corrected chi connectivity index (χ3v) is 3.56. The number of anilines is 2. The Balaban J connectivity index is 2.27. The molecule has 0 radical (unpaired) electrons. The van der Waals surface area contributed by atoms with Crippen LogP contribution in [-0.4, -0.2) is 17.7 Å². The Morgan fingerprint density at radius 2 is 1.46 bits per heavy atom. The van der Waals surface area contributed by atoms with Crippen LogP contribution in [-0.2, 0) is 9.59 Å². The largest absolute Gasteiger partial charge is 0.345 e. The number of halogens is 1. The van der Waals surface area contributed by atoms with E-state index in [9.17, 15) is 18.8 Å². The van der Waals surface area contributed by atoms with E-state index in [2.05, 4.69) is 16.0 Å². The Labute approximate surface area is 150 Å². The highest BCUT2D eigenvalue weighted by Gasteiger charge is 2.16. The topological polar surface area (TPSA) is 87.3 Å². The molecule has 0 aliphatic rings. The fourth-order valence-electron chi connectivity index (χ4n) is 2.49. The van der Waals surface area contributed by atoms with E-state index in [1.165, 1.54) is 32.0 Å². The van der Waals surface area contributed by atoms with Crippen molar-refractivity contribution in [3.8, 4) is 0 Å². The monoisotopic (exact) mass is 357 g/mol. The summed E-state index contributed by atoms with van der Waals surface area (Å²) >= 11 is 0. The molecule has 7 heteroatoms. The second-order valence-electron chi connectivity index (χ2n) is 5.88. The van der Waals surface area contributed by atoms with Crippen LogP contribution < -0.4 is 16.0 Å². The van der Waals surface area contributed by atoms with Gasteiger partial charge in [-0.1, -0.05) is 18.2 Å². The van der Waals surface area contributed by atoms with Crippen LogP contribution in [0.5, 0.6) is 0 Å². The lowest BCUT2D eigenvalue weighted by atomic mass is 10.1. The Morgan fingerprint density at radius 1 is 0.923 bits per heavy atom. The minimum Gasteiger partial charge on any atom is -0.345 e. The molecule has 0 heterocycles. The van der Waals surface area contributed by atoms with Gasteiger partial charge in [-0.15, -0.1) is 0 Å². The van der Waals surface area contributed by atoms with Crippen LogP contribution in [0.3, 0.4) is 0 Å². The van der Waals surface area contributed by atoms with Crippen LogP contribution in [0.4, 0.5) is 15.8 Å². The minimum atomic E-state index is -0.558. The highest BCUT2D eigenvalue weighted by Crippen LogP contribution is 2.21. The Kier molecular flexibility index (Phi) is 6.06. The molecule has 0 saturated carbocycles. The SMILES string of the molecule is CC(=O)Nc1cc(NC(C)=O)cc(C(=O)N[C@H](C)c2ccccc2F)c1. The predicted octanol–water partition coefficient (Wildman–Crippen LogP) is 3.23. The predicted molar refractivity (Wildman–Crippen MR) is 97.3 cm³/mol. The molecule has 0 aliphatic heterocycles. The van der Waals surface area contributed by atoms with E-state index in [-0.39, 0.29) is 17.4 Å². The van der Waals surface area contributed by atoms with Crippen molar-refractivity contribution in [2.45, 2.75) is 26.8 Å². The molecule has 0 aliphatic carbocycles. The summed E-state index contributed by atoms with van der Waals surface area (Å²) in [4.78, 5) is 35.1. The lowest BCUT2D eigenvalue weighted by Crippen LogP contribution is -2.27. The van der Waals surface area contributed by atoms with Crippen LogP contribution in [0, 0.1) is 5.82 Å². The summed E-state index contributed by atoms with van der Waals surface area (Å²) in [5, 5.41) is 7.87. The van der Waals surface area contributed by atoms with Gasteiger partial charge in [0.05, 0.1) is 6.04 Å². The Morgan fingerprint density at radius 3 is 1.96 bits per heavy atom. The van der Waals surface area contributed by atoms with Gasteiger partial charge in [-0.3, -0.25) is 14.4 Å². The van der Waals surface area contributed by atoms with Gasteiger partial charge in [-0.05, 0) is 31.2 Å². The van der Waals surface area contributed by atoms with Gasteiger partial charge >= 0.3 is 0 Å². The van der Waals surface area contributed by atoms with Gasteiger partial charge in [0.2, 0.25) is 11.8 Å². The molecule has 0 aromatic heterocycles. The van der Waals surface area contributed by atoms with Crippen molar-refractivity contribution in [1.82, 2.24) is 5.32 Å². The number of nitrogens with one attached hydrogen (secondary N) is 3. The first-order valence-electron chi connectivity index (χ1n) is 8.02. The normalized spacial score (nSPS) is 11.4. The van der Waals surface area contributed by atoms with Crippen molar-refractivity contribution in [2.75, 3.05) is 10.6 Å². The number of hydrogen-bond acceptors (Lipinski definition) is 3. The molecular formula is C19H20FN3O3. The molecule has 0 fully saturated rings. The first-order valence-corrected chi connectivity index (χ1v) is 8.02. The number of amides is 3. The highest BCUT2D eigenvalue weighted by atomic mass is 19.1. The molecule has 3 amide bonds. The van der Waals surface area contributed by atoms with Gasteiger partial charge in [-0.25, -0.2) is 4.39 Å². The fraction of sp³-hybridized carbons (Fsp3) is 0.211. The third-order valence-electron chi connectivity index (χ3n) is 3.56. The molecule has 2 aromatic rings. The van der Waals surface area contributed by atoms with E-state index in [0.717, 1.165) is 0 Å². The maximum atomic E-state index is 13.9. The zero-order valence-electron chi connectivity index (χ0n) is 14.7. The number of carbonyl (C=O) groups excluding carboxylic acids is 3. The second-order valence-corrected chi connectivity index (χ2v) is 5.88. The summed E-state index contributed by atoms with van der Waals surface area (Å²) in [6, 6.07) is 10.1. The lowest BCUT2D eigenvalue weighted by molar-refractivity contribution is -0.115. The fourth-order valence-corrected chi connectivity index (χ4v) is 2.49. The average Bonchev–Trinajstić information content (AvgIpc) is 2.53. The van der Waals surface area contributed by atoms with Crippen molar-refractivity contribution in [3.05, 3.63) is 59.4 Å². The summed E-state index contributed by atoms with van der Waals surface area (Å²) in [5.41, 5.74) is 1.32. The van der Waals surface area contributed by atoms with Crippen LogP contribution >= 0.6 is 0 Å². The molecule has 6 nitrogen and oxygen atoms in total. The Bertz CT molecular complexity index is 817. The molecule has 26 heavy (non-hydrogen) atoms. The van der Waals surface area contributed by atoms with Crippen molar-refractivity contribution in [1.29, 1.82) is 0 Å². The molecule has 0 spiro atoms. The molecule has 1 atom stereocenters. The van der Waals surface area contributed by atoms with Crippen molar-refractivity contribution in [3.63, 3.8) is 0 Å². The van der Waals surface area contributed by atoms with Gasteiger partial charge < -0.3 is 16.0 Å². The van der Waals surface area contributed by atoms with Gasteiger partial charge in [0, 0.05) is 36.3 Å². The number of hydrogen-bond donors (Lipinski definition) is 3. The van der Waals surface area contributed by atoms with Crippen LogP contribution in [0.15, 0.2) is 42.5 Å². The van der Waals surface area contributed by atoms with Gasteiger partial charge in [0.15, 0.2) is 0 Å². The zero-order chi connectivity index (χ0) is 19.3. The van der Waals surface area contributed by atoms with Gasteiger partial charge in [0.25, 0.3) is 5.91 Å². The summed E-state index contributed by atoms with van der Waals surface area (Å²) < 4.78 is 13.9. The minimum absolute atomic E-state index is 0.225. The van der Waals surface area contributed by atoms with Crippen molar-refractivity contribution >= 4 is 29.1 Å². The smallest absolute Gasteiger partial charge is 0.251 e. The quantitative estimate of drug-likeness (QED) is 0.768. The van der Waals surface area contributed by atoms with E-state index in [1.807, 2.05) is 0 Å². The number of benzene rings is 2. The van der Waals surface area contributed by atoms with Crippen LogP contribution in [0.2, 0.25) is 0 Å². The maximum absolute atomic E-state index is 13.9. The van der Waals surface area contributed by atoms with E-state index < -0.39 is 17.8 Å². The summed E-state index contributed by atoms with van der Waals surface area (Å²) in [6.45, 7) is 4.35.